The summed E-state index contributed by atoms with van der Waals surface area (Å²) in [6.45, 7) is 1.53. The molecule has 0 saturated carbocycles. The molecule has 0 aliphatic rings. The third kappa shape index (κ3) is 2.56. The predicted molar refractivity (Wildman–Crippen MR) is 83.0 cm³/mol. The fraction of sp³-hybridized carbons (Fsp3) is 0.0588. The molecule has 0 saturated heterocycles. The van der Waals surface area contributed by atoms with Crippen molar-refractivity contribution in [3.63, 3.8) is 0 Å². The van der Waals surface area contributed by atoms with E-state index in [2.05, 4.69) is 4.98 Å². The summed E-state index contributed by atoms with van der Waals surface area (Å²) in [5, 5.41) is 10.8. The molecule has 110 valence electrons. The lowest BCUT2D eigenvalue weighted by molar-refractivity contribution is 0.104. The number of benzene rings is 1. The van der Waals surface area contributed by atoms with E-state index < -0.39 is 11.4 Å². The highest BCUT2D eigenvalue weighted by Crippen LogP contribution is 2.18. The van der Waals surface area contributed by atoms with Crippen LogP contribution in [0.2, 0.25) is 0 Å². The van der Waals surface area contributed by atoms with Crippen molar-refractivity contribution in [3.8, 4) is 5.75 Å². The van der Waals surface area contributed by atoms with Gasteiger partial charge in [0.1, 0.15) is 17.1 Å². The van der Waals surface area contributed by atoms with Crippen LogP contribution >= 0.6 is 0 Å². The number of fused-ring (bicyclic) bond motifs is 1. The minimum absolute atomic E-state index is 0.251. The molecule has 0 radical (unpaired) electrons. The summed E-state index contributed by atoms with van der Waals surface area (Å²) in [7, 11) is 0. The maximum absolute atomic E-state index is 12.1. The zero-order chi connectivity index (χ0) is 15.7. The second-order valence-corrected chi connectivity index (χ2v) is 4.93. The van der Waals surface area contributed by atoms with E-state index in [0.717, 1.165) is 16.5 Å². The first-order valence-corrected chi connectivity index (χ1v) is 6.68. The molecule has 0 bridgehead atoms. The molecule has 0 atom stereocenters. The Bertz CT molecular complexity index is 947. The zero-order valence-corrected chi connectivity index (χ0v) is 11.8. The van der Waals surface area contributed by atoms with E-state index in [4.69, 9.17) is 4.42 Å². The fourth-order valence-corrected chi connectivity index (χ4v) is 2.25. The molecule has 1 aromatic carbocycles. The van der Waals surface area contributed by atoms with E-state index in [1.54, 1.807) is 6.08 Å². The molecule has 0 unspecified atom stereocenters. The number of aromatic nitrogens is 1. The van der Waals surface area contributed by atoms with Gasteiger partial charge in [-0.1, -0.05) is 12.1 Å². The second kappa shape index (κ2) is 5.37. The fourth-order valence-electron chi connectivity index (χ4n) is 2.25. The van der Waals surface area contributed by atoms with E-state index in [1.165, 1.54) is 19.1 Å². The van der Waals surface area contributed by atoms with E-state index in [9.17, 15) is 14.7 Å². The van der Waals surface area contributed by atoms with Crippen molar-refractivity contribution in [2.75, 3.05) is 0 Å². The number of carbonyl (C=O) groups is 1. The van der Waals surface area contributed by atoms with Crippen LogP contribution in [0.5, 0.6) is 5.75 Å². The highest BCUT2D eigenvalue weighted by atomic mass is 16.4. The summed E-state index contributed by atoms with van der Waals surface area (Å²) in [6, 6.07) is 8.83. The number of allylic oxidation sites excluding steroid dienone is 1. The van der Waals surface area contributed by atoms with Crippen LogP contribution in [0, 0.1) is 6.92 Å². The van der Waals surface area contributed by atoms with Gasteiger partial charge in [-0.2, -0.15) is 0 Å². The maximum Gasteiger partial charge on any atom is 0.351 e. The summed E-state index contributed by atoms with van der Waals surface area (Å²) in [6.07, 6.45) is 4.67. The van der Waals surface area contributed by atoms with Gasteiger partial charge in [0.25, 0.3) is 0 Å². The van der Waals surface area contributed by atoms with Gasteiger partial charge in [-0.25, -0.2) is 4.79 Å². The third-order valence-corrected chi connectivity index (χ3v) is 3.30. The first kappa shape index (κ1) is 13.9. The van der Waals surface area contributed by atoms with Crippen molar-refractivity contribution in [2.24, 2.45) is 0 Å². The number of H-pyrrole nitrogens is 1. The van der Waals surface area contributed by atoms with Gasteiger partial charge in [0.05, 0.1) is 0 Å². The van der Waals surface area contributed by atoms with Gasteiger partial charge >= 0.3 is 5.63 Å². The quantitative estimate of drug-likeness (QED) is 0.574. The van der Waals surface area contributed by atoms with Gasteiger partial charge in [-0.15, -0.1) is 0 Å². The van der Waals surface area contributed by atoms with Crippen LogP contribution in [-0.4, -0.2) is 15.9 Å². The third-order valence-electron chi connectivity index (χ3n) is 3.30. The van der Waals surface area contributed by atoms with Crippen molar-refractivity contribution in [3.05, 3.63) is 69.9 Å². The lowest BCUT2D eigenvalue weighted by Gasteiger charge is -2.00. The first-order valence-electron chi connectivity index (χ1n) is 6.68. The summed E-state index contributed by atoms with van der Waals surface area (Å²) in [4.78, 5) is 26.8. The average Bonchev–Trinajstić information content (AvgIpc) is 2.91. The van der Waals surface area contributed by atoms with Crippen LogP contribution in [0.1, 0.15) is 21.7 Å². The van der Waals surface area contributed by atoms with Crippen LogP contribution in [0.15, 0.2) is 51.8 Å². The van der Waals surface area contributed by atoms with Crippen molar-refractivity contribution in [1.82, 2.24) is 4.98 Å². The number of aromatic amines is 1. The molecular formula is C17H13NO4. The Morgan fingerprint density at radius 1 is 1.27 bits per heavy atom. The topological polar surface area (TPSA) is 83.3 Å². The van der Waals surface area contributed by atoms with Crippen LogP contribution in [-0.2, 0) is 0 Å². The smallest absolute Gasteiger partial charge is 0.351 e. The lowest BCUT2D eigenvalue weighted by Crippen LogP contribution is -2.12. The Labute approximate surface area is 125 Å². The predicted octanol–water partition coefficient (Wildman–Crippen LogP) is 3.03. The normalized spacial score (nSPS) is 11.3. The van der Waals surface area contributed by atoms with E-state index in [-0.39, 0.29) is 17.1 Å². The minimum Gasteiger partial charge on any atom is -0.507 e. The molecular weight excluding hydrogens is 282 g/mol. The number of hydrogen-bond donors (Lipinski definition) is 2. The van der Waals surface area contributed by atoms with E-state index in [0.29, 0.717) is 0 Å². The number of hydrogen-bond acceptors (Lipinski definition) is 4. The van der Waals surface area contributed by atoms with Gasteiger partial charge in [0, 0.05) is 17.8 Å². The molecule has 3 rings (SSSR count). The molecule has 0 spiro atoms. The summed E-state index contributed by atoms with van der Waals surface area (Å²) in [5.74, 6) is -0.717. The van der Waals surface area contributed by atoms with Crippen LogP contribution in [0.3, 0.4) is 0 Å². The van der Waals surface area contributed by atoms with Crippen molar-refractivity contribution < 1.29 is 14.3 Å². The summed E-state index contributed by atoms with van der Waals surface area (Å²) in [5.41, 5.74) is 0.620. The molecule has 5 nitrogen and oxygen atoms in total. The van der Waals surface area contributed by atoms with Crippen molar-refractivity contribution in [2.45, 2.75) is 6.92 Å². The first-order chi connectivity index (χ1) is 10.5. The van der Waals surface area contributed by atoms with Gasteiger partial charge in [-0.05, 0) is 42.1 Å². The molecule has 0 fully saturated rings. The van der Waals surface area contributed by atoms with Crippen molar-refractivity contribution in [1.29, 1.82) is 0 Å². The summed E-state index contributed by atoms with van der Waals surface area (Å²) >= 11 is 0. The lowest BCUT2D eigenvalue weighted by atomic mass is 10.1. The minimum atomic E-state index is -0.840. The van der Waals surface area contributed by atoms with Crippen molar-refractivity contribution >= 4 is 22.8 Å². The number of nitrogens with one attached hydrogen (secondary N) is 1. The van der Waals surface area contributed by atoms with E-state index >= 15 is 0 Å². The molecule has 3 aromatic rings. The van der Waals surface area contributed by atoms with Crippen LogP contribution in [0.25, 0.3) is 17.0 Å². The molecule has 22 heavy (non-hydrogen) atoms. The second-order valence-electron chi connectivity index (χ2n) is 4.93. The number of carbonyl (C=O) groups excluding carboxylic acids is 1. The molecule has 0 aliphatic carbocycles. The van der Waals surface area contributed by atoms with Gasteiger partial charge in [-0.3, -0.25) is 4.79 Å². The molecule has 2 N–H and O–H groups in total. The largest absolute Gasteiger partial charge is 0.507 e. The Balaban J connectivity index is 1.92. The number of aromatic hydroxyl groups is 1. The molecule has 2 heterocycles. The Hall–Kier alpha value is -3.08. The highest BCUT2D eigenvalue weighted by Gasteiger charge is 2.15. The molecule has 0 aliphatic heterocycles. The van der Waals surface area contributed by atoms with Gasteiger partial charge < -0.3 is 14.5 Å². The monoisotopic (exact) mass is 295 g/mol. The Morgan fingerprint density at radius 2 is 2.09 bits per heavy atom. The molecule has 2 aromatic heterocycles. The standard InChI is InChI=1S/C17H13NO4/c1-10-8-15(20)16(17(21)22-10)14(19)5-3-11-2-4-13-12(9-11)6-7-18-13/h2-9,18,20H,1H3. The van der Waals surface area contributed by atoms with Gasteiger partial charge in [0.15, 0.2) is 5.78 Å². The van der Waals surface area contributed by atoms with E-state index in [1.807, 2.05) is 30.5 Å². The van der Waals surface area contributed by atoms with Gasteiger partial charge in [0.2, 0.25) is 0 Å². The maximum atomic E-state index is 12.1. The van der Waals surface area contributed by atoms with Crippen LogP contribution < -0.4 is 5.63 Å². The number of rotatable bonds is 3. The molecule has 0 amide bonds. The van der Waals surface area contributed by atoms with Crippen LogP contribution in [0.4, 0.5) is 0 Å². The zero-order valence-electron chi connectivity index (χ0n) is 11.8. The number of aryl methyl sites for hydroxylation is 1. The highest BCUT2D eigenvalue weighted by molar-refractivity contribution is 6.08. The Morgan fingerprint density at radius 3 is 2.86 bits per heavy atom. The molecule has 5 heteroatoms. The average molecular weight is 295 g/mol. The Kier molecular flexibility index (Phi) is 3.39. The summed E-state index contributed by atoms with van der Waals surface area (Å²) < 4.78 is 4.84. The SMILES string of the molecule is Cc1cc(O)c(C(=O)C=Cc2ccc3[nH]ccc3c2)c(=O)o1. The number of ketones is 1.